The number of halogens is 1. The van der Waals surface area contributed by atoms with Crippen LogP contribution in [0.5, 0.6) is 11.5 Å². The van der Waals surface area contributed by atoms with Crippen LogP contribution >= 0.6 is 15.9 Å². The zero-order valence-electron chi connectivity index (χ0n) is 13.6. The van der Waals surface area contributed by atoms with Gasteiger partial charge in [0, 0.05) is 10.0 Å². The third-order valence-corrected chi connectivity index (χ3v) is 3.83. The van der Waals surface area contributed by atoms with Crippen molar-refractivity contribution in [1.29, 1.82) is 0 Å². The van der Waals surface area contributed by atoms with Crippen molar-refractivity contribution in [2.75, 3.05) is 19.1 Å². The number of nitrogens with one attached hydrogen (secondary N) is 1. The number of carboxylic acid groups (broad SMARTS) is 2. The van der Waals surface area contributed by atoms with Gasteiger partial charge in [-0.05, 0) is 46.3 Å². The number of benzene rings is 2. The highest BCUT2D eigenvalue weighted by Gasteiger charge is 2.11. The molecule has 0 spiro atoms. The van der Waals surface area contributed by atoms with Gasteiger partial charge < -0.3 is 19.7 Å². The fourth-order valence-electron chi connectivity index (χ4n) is 1.96. The fourth-order valence-corrected chi connectivity index (χ4v) is 2.38. The van der Waals surface area contributed by atoms with E-state index in [9.17, 15) is 9.59 Å². The van der Waals surface area contributed by atoms with Gasteiger partial charge in [0.25, 0.3) is 0 Å². The van der Waals surface area contributed by atoms with E-state index in [2.05, 4.69) is 26.5 Å². The van der Waals surface area contributed by atoms with E-state index in [0.717, 1.165) is 0 Å². The molecule has 0 heterocycles. The summed E-state index contributed by atoms with van der Waals surface area (Å²) < 4.78 is 11.0. The molecule has 136 valence electrons. The molecule has 0 unspecified atom stereocenters. The number of anilines is 1. The van der Waals surface area contributed by atoms with Crippen molar-refractivity contribution in [1.82, 2.24) is 0 Å². The molecule has 0 atom stereocenters. The number of methoxy groups -OCH3 is 1. The van der Waals surface area contributed by atoms with E-state index in [1.807, 2.05) is 0 Å². The Labute approximate surface area is 157 Å². The Morgan fingerprint density at radius 3 is 2.65 bits per heavy atom. The predicted octanol–water partition coefficient (Wildman–Crippen LogP) is 3.07. The summed E-state index contributed by atoms with van der Waals surface area (Å²) in [5.41, 5.74) is 4.05. The first kappa shape index (κ1) is 19.3. The molecule has 0 saturated carbocycles. The lowest BCUT2D eigenvalue weighted by atomic mass is 10.2. The second kappa shape index (κ2) is 8.86. The van der Waals surface area contributed by atoms with Gasteiger partial charge in [-0.2, -0.15) is 5.10 Å². The number of hydrogen-bond acceptors (Lipinski definition) is 6. The molecule has 0 aliphatic heterocycles. The molecule has 2 aromatic carbocycles. The molecule has 0 aliphatic rings. The second-order valence-electron chi connectivity index (χ2n) is 4.96. The maximum Gasteiger partial charge on any atom is 0.341 e. The summed E-state index contributed by atoms with van der Waals surface area (Å²) in [7, 11) is 1.44. The van der Waals surface area contributed by atoms with Crippen molar-refractivity contribution in [3.05, 3.63) is 52.0 Å². The standard InChI is InChI=1S/C17H15BrN2O6/c1-25-14-6-11(13(18)7-15(14)26-9-16(21)22)8-19-20-12-4-2-3-10(5-12)17(23)24/h2-8,20H,9H2,1H3,(H,21,22)(H,23,24)/b19-8+. The number of aliphatic carboxylic acids is 1. The Kier molecular flexibility index (Phi) is 6.56. The van der Waals surface area contributed by atoms with Crippen molar-refractivity contribution < 1.29 is 29.3 Å². The first-order valence-corrected chi connectivity index (χ1v) is 8.04. The van der Waals surface area contributed by atoms with Crippen molar-refractivity contribution in [2.45, 2.75) is 0 Å². The van der Waals surface area contributed by atoms with Crippen LogP contribution in [-0.2, 0) is 4.79 Å². The maximum atomic E-state index is 11.0. The molecule has 0 fully saturated rings. The van der Waals surface area contributed by atoms with Crippen LogP contribution in [-0.4, -0.2) is 42.1 Å². The highest BCUT2D eigenvalue weighted by Crippen LogP contribution is 2.33. The Bertz CT molecular complexity index is 853. The van der Waals surface area contributed by atoms with Crippen LogP contribution in [0, 0.1) is 0 Å². The van der Waals surface area contributed by atoms with Crippen LogP contribution in [0.2, 0.25) is 0 Å². The number of carboxylic acids is 2. The molecule has 0 bridgehead atoms. The lowest BCUT2D eigenvalue weighted by Gasteiger charge is -2.11. The normalized spacial score (nSPS) is 10.5. The third kappa shape index (κ3) is 5.21. The third-order valence-electron chi connectivity index (χ3n) is 3.14. The van der Waals surface area contributed by atoms with Gasteiger partial charge in [-0.1, -0.05) is 6.07 Å². The van der Waals surface area contributed by atoms with Crippen LogP contribution in [0.1, 0.15) is 15.9 Å². The topological polar surface area (TPSA) is 117 Å². The number of rotatable bonds is 8. The monoisotopic (exact) mass is 422 g/mol. The Balaban J connectivity index is 2.15. The largest absolute Gasteiger partial charge is 0.493 e. The number of carbonyl (C=O) groups is 2. The minimum atomic E-state index is -1.10. The van der Waals surface area contributed by atoms with Gasteiger partial charge in [0.1, 0.15) is 0 Å². The summed E-state index contributed by atoms with van der Waals surface area (Å²) in [6.45, 7) is -0.488. The lowest BCUT2D eigenvalue weighted by Crippen LogP contribution is -2.10. The number of hydrogen-bond donors (Lipinski definition) is 3. The van der Waals surface area contributed by atoms with E-state index in [0.29, 0.717) is 21.5 Å². The Hall–Kier alpha value is -3.07. The van der Waals surface area contributed by atoms with Gasteiger partial charge in [-0.3, -0.25) is 5.43 Å². The molecule has 3 N–H and O–H groups in total. The summed E-state index contributed by atoms with van der Waals surface area (Å²) in [5.74, 6) is -1.49. The van der Waals surface area contributed by atoms with Gasteiger partial charge in [0.15, 0.2) is 18.1 Å². The lowest BCUT2D eigenvalue weighted by molar-refractivity contribution is -0.139. The van der Waals surface area contributed by atoms with E-state index in [1.54, 1.807) is 24.3 Å². The smallest absolute Gasteiger partial charge is 0.341 e. The highest BCUT2D eigenvalue weighted by atomic mass is 79.9. The minimum Gasteiger partial charge on any atom is -0.493 e. The number of ether oxygens (including phenoxy) is 2. The van der Waals surface area contributed by atoms with Gasteiger partial charge in [-0.15, -0.1) is 0 Å². The van der Waals surface area contributed by atoms with Crippen LogP contribution in [0.3, 0.4) is 0 Å². The molecule has 8 nitrogen and oxygen atoms in total. The van der Waals surface area contributed by atoms with Gasteiger partial charge in [-0.25, -0.2) is 9.59 Å². The van der Waals surface area contributed by atoms with Gasteiger partial charge in [0.2, 0.25) is 0 Å². The number of hydrazone groups is 1. The average molecular weight is 423 g/mol. The summed E-state index contributed by atoms with van der Waals surface area (Å²) >= 11 is 3.35. The summed E-state index contributed by atoms with van der Waals surface area (Å²) in [4.78, 5) is 21.6. The quantitative estimate of drug-likeness (QED) is 0.441. The van der Waals surface area contributed by atoms with Crippen molar-refractivity contribution in [3.8, 4) is 11.5 Å². The van der Waals surface area contributed by atoms with E-state index < -0.39 is 18.5 Å². The van der Waals surface area contributed by atoms with Gasteiger partial charge >= 0.3 is 11.9 Å². The molecule has 0 saturated heterocycles. The molecule has 26 heavy (non-hydrogen) atoms. The zero-order valence-corrected chi connectivity index (χ0v) is 15.2. The molecule has 0 aliphatic carbocycles. The van der Waals surface area contributed by atoms with Crippen LogP contribution in [0.4, 0.5) is 5.69 Å². The SMILES string of the molecule is COc1cc(/C=N/Nc2cccc(C(=O)O)c2)c(Br)cc1OCC(=O)O. The Morgan fingerprint density at radius 1 is 1.23 bits per heavy atom. The molecule has 2 aromatic rings. The summed E-state index contributed by atoms with van der Waals surface area (Å²) in [6.07, 6.45) is 1.50. The van der Waals surface area contributed by atoms with E-state index >= 15 is 0 Å². The number of aromatic carboxylic acids is 1. The molecule has 0 amide bonds. The number of nitrogens with zero attached hydrogens (tertiary/aromatic N) is 1. The first-order valence-electron chi connectivity index (χ1n) is 7.25. The average Bonchev–Trinajstić information content (AvgIpc) is 2.61. The predicted molar refractivity (Wildman–Crippen MR) is 98.4 cm³/mol. The molecule has 2 rings (SSSR count). The molecule has 9 heteroatoms. The zero-order chi connectivity index (χ0) is 19.1. The van der Waals surface area contributed by atoms with Crippen LogP contribution in [0.15, 0.2) is 46.0 Å². The molecule has 0 radical (unpaired) electrons. The van der Waals surface area contributed by atoms with Crippen molar-refractivity contribution in [2.24, 2.45) is 5.10 Å². The summed E-state index contributed by atoms with van der Waals surface area (Å²) in [5, 5.41) is 21.7. The van der Waals surface area contributed by atoms with Crippen molar-refractivity contribution in [3.63, 3.8) is 0 Å². The van der Waals surface area contributed by atoms with Crippen LogP contribution < -0.4 is 14.9 Å². The maximum absolute atomic E-state index is 11.0. The van der Waals surface area contributed by atoms with E-state index in [4.69, 9.17) is 19.7 Å². The van der Waals surface area contributed by atoms with Crippen LogP contribution in [0.25, 0.3) is 0 Å². The van der Waals surface area contributed by atoms with Crippen molar-refractivity contribution >= 4 is 39.8 Å². The molecular formula is C17H15BrN2O6. The molecular weight excluding hydrogens is 408 g/mol. The van der Waals surface area contributed by atoms with E-state index in [-0.39, 0.29) is 11.3 Å². The molecule has 0 aromatic heterocycles. The second-order valence-corrected chi connectivity index (χ2v) is 5.82. The Morgan fingerprint density at radius 2 is 2.00 bits per heavy atom. The van der Waals surface area contributed by atoms with E-state index in [1.165, 1.54) is 25.5 Å². The van der Waals surface area contributed by atoms with Gasteiger partial charge in [0.05, 0.1) is 24.6 Å². The first-order chi connectivity index (χ1) is 12.4. The minimum absolute atomic E-state index is 0.146. The summed E-state index contributed by atoms with van der Waals surface area (Å²) in [6, 6.07) is 9.43. The fraction of sp³-hybridized carbons (Fsp3) is 0.118. The highest BCUT2D eigenvalue weighted by molar-refractivity contribution is 9.10.